The average molecular weight is 287 g/mol. The molecular weight excluding hydrogens is 272 g/mol. The number of β-lactam (4-membered cyclic amide) rings is 1. The van der Waals surface area contributed by atoms with Crippen LogP contribution in [0.1, 0.15) is 17.2 Å². The van der Waals surface area contributed by atoms with Gasteiger partial charge in [-0.15, -0.1) is 0 Å². The lowest BCUT2D eigenvalue weighted by Crippen LogP contribution is -2.63. The Bertz CT molecular complexity index is 671. The molecule has 20 heavy (non-hydrogen) atoms. The number of nitrogens with two attached hydrogens (primary N) is 1. The molecule has 0 unspecified atom stereocenters. The molecule has 3 nitrogen and oxygen atoms in total. The van der Waals surface area contributed by atoms with Gasteiger partial charge in [-0.2, -0.15) is 0 Å². The van der Waals surface area contributed by atoms with Gasteiger partial charge in [-0.25, -0.2) is 0 Å². The van der Waals surface area contributed by atoms with Gasteiger partial charge in [0.2, 0.25) is 5.91 Å². The Morgan fingerprint density at radius 3 is 2.60 bits per heavy atom. The molecule has 1 aliphatic heterocycles. The lowest BCUT2D eigenvalue weighted by Gasteiger charge is -2.45. The van der Waals surface area contributed by atoms with E-state index in [0.29, 0.717) is 5.02 Å². The van der Waals surface area contributed by atoms with Crippen LogP contribution >= 0.6 is 11.6 Å². The summed E-state index contributed by atoms with van der Waals surface area (Å²) in [4.78, 5) is 13.8. The molecule has 2 aromatic rings. The van der Waals surface area contributed by atoms with E-state index in [9.17, 15) is 4.79 Å². The number of carbonyl (C=O) groups is 1. The highest BCUT2D eigenvalue weighted by molar-refractivity contribution is 6.30. The van der Waals surface area contributed by atoms with Gasteiger partial charge in [-0.1, -0.05) is 35.9 Å². The van der Waals surface area contributed by atoms with E-state index in [1.807, 2.05) is 55.5 Å². The van der Waals surface area contributed by atoms with Crippen LogP contribution in [0.3, 0.4) is 0 Å². The first-order chi connectivity index (χ1) is 9.58. The highest BCUT2D eigenvalue weighted by Crippen LogP contribution is 2.38. The van der Waals surface area contributed by atoms with Crippen LogP contribution < -0.4 is 10.6 Å². The summed E-state index contributed by atoms with van der Waals surface area (Å²) in [6.45, 7) is 2.00. The molecule has 102 valence electrons. The first-order valence-corrected chi connectivity index (χ1v) is 6.86. The Balaban J connectivity index is 2.00. The van der Waals surface area contributed by atoms with E-state index in [2.05, 4.69) is 0 Å². The fraction of sp³-hybridized carbons (Fsp3) is 0.188. The van der Waals surface area contributed by atoms with Crippen LogP contribution in [0, 0.1) is 6.92 Å². The zero-order chi connectivity index (χ0) is 14.3. The van der Waals surface area contributed by atoms with Crippen molar-refractivity contribution in [2.45, 2.75) is 19.0 Å². The van der Waals surface area contributed by atoms with Crippen LogP contribution in [0.2, 0.25) is 5.02 Å². The summed E-state index contributed by atoms with van der Waals surface area (Å²) in [6.07, 6.45) is 0. The molecule has 0 spiro atoms. The molecule has 3 rings (SSSR count). The number of hydrogen-bond donors (Lipinski definition) is 1. The Hall–Kier alpha value is -1.84. The van der Waals surface area contributed by atoms with Crippen LogP contribution in [0.25, 0.3) is 0 Å². The molecular formula is C16H15ClN2O. The van der Waals surface area contributed by atoms with E-state index < -0.39 is 6.04 Å². The number of halogens is 1. The minimum Gasteiger partial charge on any atom is -0.318 e. The van der Waals surface area contributed by atoms with Crippen molar-refractivity contribution in [2.24, 2.45) is 5.73 Å². The molecule has 0 radical (unpaired) electrons. The maximum Gasteiger partial charge on any atom is 0.247 e. The van der Waals surface area contributed by atoms with E-state index in [1.165, 1.54) is 0 Å². The number of rotatable bonds is 2. The Morgan fingerprint density at radius 2 is 1.90 bits per heavy atom. The van der Waals surface area contributed by atoms with Crippen molar-refractivity contribution in [3.63, 3.8) is 0 Å². The van der Waals surface area contributed by atoms with Crippen molar-refractivity contribution in [2.75, 3.05) is 4.90 Å². The molecule has 4 heteroatoms. The van der Waals surface area contributed by atoms with Crippen molar-refractivity contribution >= 4 is 23.2 Å². The molecule has 2 aromatic carbocycles. The van der Waals surface area contributed by atoms with Gasteiger partial charge in [0, 0.05) is 10.7 Å². The maximum atomic E-state index is 12.1. The number of amides is 1. The minimum atomic E-state index is -0.506. The summed E-state index contributed by atoms with van der Waals surface area (Å²) in [5.74, 6) is -0.0550. The van der Waals surface area contributed by atoms with Crippen LogP contribution in [0.15, 0.2) is 48.5 Å². The second kappa shape index (κ2) is 4.93. The largest absolute Gasteiger partial charge is 0.318 e. The van der Waals surface area contributed by atoms with E-state index in [-0.39, 0.29) is 11.9 Å². The van der Waals surface area contributed by atoms with Crippen molar-refractivity contribution in [3.05, 3.63) is 64.7 Å². The van der Waals surface area contributed by atoms with Crippen LogP contribution in [0.5, 0.6) is 0 Å². The predicted octanol–water partition coefficient (Wildman–Crippen LogP) is 3.06. The first-order valence-electron chi connectivity index (χ1n) is 6.49. The fourth-order valence-electron chi connectivity index (χ4n) is 2.62. The molecule has 1 saturated heterocycles. The molecule has 1 heterocycles. The van der Waals surface area contributed by atoms with E-state index in [4.69, 9.17) is 17.3 Å². The van der Waals surface area contributed by atoms with Crippen LogP contribution in [-0.2, 0) is 4.79 Å². The van der Waals surface area contributed by atoms with Crippen molar-refractivity contribution in [3.8, 4) is 0 Å². The van der Waals surface area contributed by atoms with E-state index >= 15 is 0 Å². The van der Waals surface area contributed by atoms with Crippen molar-refractivity contribution in [1.82, 2.24) is 0 Å². The quantitative estimate of drug-likeness (QED) is 0.863. The van der Waals surface area contributed by atoms with Gasteiger partial charge in [0.1, 0.15) is 6.04 Å². The normalized spacial score (nSPS) is 21.8. The third kappa shape index (κ3) is 2.09. The summed E-state index contributed by atoms with van der Waals surface area (Å²) < 4.78 is 0. The summed E-state index contributed by atoms with van der Waals surface area (Å²) >= 11 is 6.03. The molecule has 0 saturated carbocycles. The molecule has 0 aliphatic carbocycles. The van der Waals surface area contributed by atoms with Gasteiger partial charge in [0.15, 0.2) is 0 Å². The van der Waals surface area contributed by atoms with E-state index in [1.54, 1.807) is 4.90 Å². The number of carbonyl (C=O) groups excluding carboxylic acids is 1. The summed E-state index contributed by atoms with van der Waals surface area (Å²) in [5.41, 5.74) is 8.93. The second-order valence-electron chi connectivity index (χ2n) is 5.07. The smallest absolute Gasteiger partial charge is 0.247 e. The Morgan fingerprint density at radius 1 is 1.15 bits per heavy atom. The summed E-state index contributed by atoms with van der Waals surface area (Å²) in [7, 11) is 0. The lowest BCUT2D eigenvalue weighted by atomic mass is 9.88. The highest BCUT2D eigenvalue weighted by Gasteiger charge is 2.46. The second-order valence-corrected chi connectivity index (χ2v) is 5.51. The van der Waals surface area contributed by atoms with Crippen LogP contribution in [0.4, 0.5) is 5.69 Å². The number of nitrogens with zero attached hydrogens (tertiary/aromatic N) is 1. The van der Waals surface area contributed by atoms with Gasteiger partial charge < -0.3 is 10.6 Å². The van der Waals surface area contributed by atoms with Gasteiger partial charge in [0.25, 0.3) is 0 Å². The Kier molecular flexibility index (Phi) is 3.24. The van der Waals surface area contributed by atoms with Gasteiger partial charge in [0.05, 0.1) is 6.04 Å². The fourth-order valence-corrected chi connectivity index (χ4v) is 2.82. The molecule has 0 aromatic heterocycles. The zero-order valence-corrected chi connectivity index (χ0v) is 11.8. The molecule has 0 bridgehead atoms. The monoisotopic (exact) mass is 286 g/mol. The average Bonchev–Trinajstić information content (AvgIpc) is 2.43. The van der Waals surface area contributed by atoms with E-state index in [0.717, 1.165) is 16.8 Å². The minimum absolute atomic E-state index is 0.0550. The molecule has 1 aliphatic rings. The SMILES string of the molecule is Cc1cccc(N2C(=O)[C@@H](N)[C@H]2c2cccc(Cl)c2)c1. The van der Waals surface area contributed by atoms with Crippen molar-refractivity contribution < 1.29 is 4.79 Å². The number of aryl methyl sites for hydroxylation is 1. The Labute approximate surface area is 123 Å². The number of benzene rings is 2. The third-order valence-electron chi connectivity index (χ3n) is 3.61. The zero-order valence-electron chi connectivity index (χ0n) is 11.1. The molecule has 2 atom stereocenters. The topological polar surface area (TPSA) is 46.3 Å². The number of anilines is 1. The first kappa shape index (κ1) is 13.2. The maximum absolute atomic E-state index is 12.1. The standard InChI is InChI=1S/C16H15ClN2O/c1-10-4-2-7-13(8-10)19-15(14(18)16(19)20)11-5-3-6-12(17)9-11/h2-9,14-15H,18H2,1H3/t14-,15+/m0/s1. The molecule has 1 amide bonds. The van der Waals surface area contributed by atoms with Gasteiger partial charge in [-0.05, 0) is 42.3 Å². The van der Waals surface area contributed by atoms with Crippen LogP contribution in [-0.4, -0.2) is 11.9 Å². The number of hydrogen-bond acceptors (Lipinski definition) is 2. The summed E-state index contributed by atoms with van der Waals surface area (Å²) in [5, 5.41) is 0.651. The highest BCUT2D eigenvalue weighted by atomic mass is 35.5. The molecule has 1 fully saturated rings. The predicted molar refractivity (Wildman–Crippen MR) is 80.8 cm³/mol. The lowest BCUT2D eigenvalue weighted by molar-refractivity contribution is -0.126. The summed E-state index contributed by atoms with van der Waals surface area (Å²) in [6, 6.07) is 14.7. The van der Waals surface area contributed by atoms with Gasteiger partial charge in [-0.3, -0.25) is 4.79 Å². The third-order valence-corrected chi connectivity index (χ3v) is 3.85. The van der Waals surface area contributed by atoms with Gasteiger partial charge >= 0.3 is 0 Å². The molecule has 2 N–H and O–H groups in total. The van der Waals surface area contributed by atoms with Crippen molar-refractivity contribution in [1.29, 1.82) is 0 Å².